The van der Waals surface area contributed by atoms with Crippen molar-refractivity contribution in [3.8, 4) is 16.9 Å². The first-order valence-corrected chi connectivity index (χ1v) is 16.4. The standard InChI is InChI=1S/C34H41ClN6O3S/c1-21-16-25-18-26(17-21)45-20-24(40(7)36-4)10-8-13-38(5)19-28-31(23(3)39(6)37-28)32-27(35)11-12-29-30(32)22(2)33(34(42)43)41(29)14-9-15-44-25/h10-12,16-18H,4,8-9,13-15,19-20H2,1-3,5-7H3,(H,42,43)/b24-10-. The average molecular weight is 649 g/mol. The number of hydrogen-bond acceptors (Lipinski definition) is 7. The Labute approximate surface area is 274 Å². The molecule has 1 aliphatic heterocycles. The highest BCUT2D eigenvalue weighted by Crippen LogP contribution is 2.42. The minimum absolute atomic E-state index is 0.270. The fraction of sp³-hybridized carbons (Fsp3) is 0.382. The SMILES string of the molecule is C=NN(C)/C1=C\CCN(C)Cc2nn(C)c(C)c2-c2c(Cl)ccc3c2c(C)c(C(=O)O)n3CCCOc2cc(C)cc(c2)SC1. The summed E-state index contributed by atoms with van der Waals surface area (Å²) < 4.78 is 9.98. The molecule has 1 aliphatic rings. The molecule has 4 aromatic rings. The van der Waals surface area contributed by atoms with Gasteiger partial charge in [-0.05, 0) is 82.1 Å². The molecule has 0 aliphatic carbocycles. The van der Waals surface area contributed by atoms with E-state index in [0.717, 1.165) is 74.0 Å². The molecule has 2 aromatic heterocycles. The molecule has 1 N–H and O–H groups in total. The number of carbonyl (C=O) groups is 1. The second-order valence-corrected chi connectivity index (χ2v) is 13.1. The Morgan fingerprint density at radius 2 is 1.93 bits per heavy atom. The predicted molar refractivity (Wildman–Crippen MR) is 184 cm³/mol. The summed E-state index contributed by atoms with van der Waals surface area (Å²) in [5, 5.41) is 22.7. The van der Waals surface area contributed by atoms with E-state index in [-0.39, 0.29) is 5.69 Å². The third-order valence-corrected chi connectivity index (χ3v) is 9.75. The lowest BCUT2D eigenvalue weighted by Gasteiger charge is -2.19. The van der Waals surface area contributed by atoms with Crippen LogP contribution in [0.4, 0.5) is 0 Å². The van der Waals surface area contributed by atoms with Crippen molar-refractivity contribution in [2.45, 2.75) is 51.6 Å². The van der Waals surface area contributed by atoms with Gasteiger partial charge in [-0.2, -0.15) is 10.2 Å². The molecule has 6 bridgehead atoms. The minimum atomic E-state index is -0.964. The van der Waals surface area contributed by atoms with Gasteiger partial charge in [0, 0.05) is 89.5 Å². The molecule has 11 heteroatoms. The zero-order valence-electron chi connectivity index (χ0n) is 26.9. The van der Waals surface area contributed by atoms with E-state index in [0.29, 0.717) is 36.7 Å². The number of aromatic carboxylic acids is 1. The van der Waals surface area contributed by atoms with Crippen molar-refractivity contribution in [2.75, 3.05) is 33.0 Å². The average Bonchev–Trinajstić information content (AvgIpc) is 3.43. The summed E-state index contributed by atoms with van der Waals surface area (Å²) in [6.45, 7) is 12.0. The highest BCUT2D eigenvalue weighted by molar-refractivity contribution is 7.99. The van der Waals surface area contributed by atoms with Crippen molar-refractivity contribution in [3.05, 3.63) is 75.3 Å². The summed E-state index contributed by atoms with van der Waals surface area (Å²) in [6.07, 6.45) is 3.66. The second-order valence-electron chi connectivity index (χ2n) is 11.6. The Morgan fingerprint density at radius 3 is 2.67 bits per heavy atom. The van der Waals surface area contributed by atoms with Crippen LogP contribution in [0.25, 0.3) is 22.0 Å². The van der Waals surface area contributed by atoms with E-state index >= 15 is 0 Å². The number of aryl methyl sites for hydroxylation is 4. The number of carboxylic acids is 1. The van der Waals surface area contributed by atoms with Crippen molar-refractivity contribution >= 4 is 47.0 Å². The summed E-state index contributed by atoms with van der Waals surface area (Å²) >= 11 is 8.71. The van der Waals surface area contributed by atoms with Gasteiger partial charge in [-0.25, -0.2) is 4.79 Å². The molecule has 0 unspecified atom stereocenters. The molecule has 238 valence electrons. The number of halogens is 1. The molecule has 2 aromatic carbocycles. The van der Waals surface area contributed by atoms with Crippen molar-refractivity contribution in [2.24, 2.45) is 12.1 Å². The van der Waals surface area contributed by atoms with Gasteiger partial charge < -0.3 is 19.3 Å². The first kappa shape index (κ1) is 32.7. The third kappa shape index (κ3) is 6.78. The second kappa shape index (κ2) is 13.7. The Kier molecular flexibility index (Phi) is 9.96. The molecule has 9 nitrogen and oxygen atoms in total. The van der Waals surface area contributed by atoms with Crippen LogP contribution in [0.1, 0.15) is 45.8 Å². The summed E-state index contributed by atoms with van der Waals surface area (Å²) in [5.41, 5.74) is 7.64. The zero-order valence-corrected chi connectivity index (χ0v) is 28.4. The molecule has 0 spiro atoms. The molecular weight excluding hydrogens is 608 g/mol. The topological polar surface area (TPSA) is 88.1 Å². The van der Waals surface area contributed by atoms with Gasteiger partial charge in [0.2, 0.25) is 0 Å². The van der Waals surface area contributed by atoms with E-state index in [1.165, 1.54) is 0 Å². The number of hydrogen-bond donors (Lipinski definition) is 1. The van der Waals surface area contributed by atoms with E-state index in [9.17, 15) is 9.90 Å². The Balaban J connectivity index is 1.63. The fourth-order valence-electron chi connectivity index (χ4n) is 6.09. The molecule has 45 heavy (non-hydrogen) atoms. The van der Waals surface area contributed by atoms with E-state index < -0.39 is 5.97 Å². The van der Waals surface area contributed by atoms with Gasteiger partial charge in [0.1, 0.15) is 11.4 Å². The number of hydrazone groups is 1. The van der Waals surface area contributed by atoms with Gasteiger partial charge in [-0.1, -0.05) is 17.7 Å². The highest BCUT2D eigenvalue weighted by atomic mass is 35.5. The maximum atomic E-state index is 12.7. The zero-order chi connectivity index (χ0) is 32.4. The number of benzene rings is 2. The van der Waals surface area contributed by atoms with Gasteiger partial charge in [-0.15, -0.1) is 11.8 Å². The lowest BCUT2D eigenvalue weighted by molar-refractivity contribution is 0.0684. The summed E-state index contributed by atoms with van der Waals surface area (Å²) in [6, 6.07) is 10.0. The molecule has 0 atom stereocenters. The predicted octanol–water partition coefficient (Wildman–Crippen LogP) is 7.15. The lowest BCUT2D eigenvalue weighted by Crippen LogP contribution is -2.20. The van der Waals surface area contributed by atoms with Crippen molar-refractivity contribution in [3.63, 3.8) is 0 Å². The maximum absolute atomic E-state index is 12.7. The highest BCUT2D eigenvalue weighted by Gasteiger charge is 2.27. The van der Waals surface area contributed by atoms with Gasteiger partial charge in [-0.3, -0.25) is 9.69 Å². The van der Waals surface area contributed by atoms with Gasteiger partial charge in [0.05, 0.1) is 12.3 Å². The van der Waals surface area contributed by atoms with Crippen LogP contribution in [-0.2, 0) is 20.1 Å². The Bertz CT molecular complexity index is 1790. The Hall–Kier alpha value is -3.73. The number of nitrogens with zero attached hydrogens (tertiary/aromatic N) is 6. The van der Waals surface area contributed by atoms with Crippen LogP contribution in [-0.4, -0.2) is 75.0 Å². The summed E-state index contributed by atoms with van der Waals surface area (Å²) in [5.74, 6) is 0.571. The number of aromatic nitrogens is 3. The number of fused-ring (bicyclic) bond motifs is 4. The van der Waals surface area contributed by atoms with Crippen LogP contribution < -0.4 is 4.74 Å². The molecular formula is C34H41ClN6O3S. The van der Waals surface area contributed by atoms with E-state index in [2.05, 4.69) is 48.9 Å². The number of ether oxygens (including phenoxy) is 1. The maximum Gasteiger partial charge on any atom is 0.352 e. The molecule has 3 heterocycles. The van der Waals surface area contributed by atoms with Crippen LogP contribution >= 0.6 is 23.4 Å². The van der Waals surface area contributed by atoms with Gasteiger partial charge in [0.15, 0.2) is 0 Å². The first-order valence-electron chi connectivity index (χ1n) is 15.0. The monoisotopic (exact) mass is 648 g/mol. The van der Waals surface area contributed by atoms with Crippen LogP contribution in [0.3, 0.4) is 0 Å². The molecule has 0 radical (unpaired) electrons. The van der Waals surface area contributed by atoms with Crippen LogP contribution in [0.2, 0.25) is 5.02 Å². The van der Waals surface area contributed by atoms with Crippen molar-refractivity contribution in [1.82, 2.24) is 24.3 Å². The third-order valence-electron chi connectivity index (χ3n) is 8.43. The Morgan fingerprint density at radius 1 is 1.16 bits per heavy atom. The normalized spacial score (nSPS) is 16.4. The number of carboxylic acid groups (broad SMARTS) is 1. The molecule has 5 rings (SSSR count). The quantitative estimate of drug-likeness (QED) is 0.187. The number of rotatable bonds is 3. The first-order chi connectivity index (χ1) is 21.5. The summed E-state index contributed by atoms with van der Waals surface area (Å²) in [4.78, 5) is 16.0. The molecule has 0 amide bonds. The largest absolute Gasteiger partial charge is 0.493 e. The minimum Gasteiger partial charge on any atom is -0.493 e. The van der Waals surface area contributed by atoms with E-state index in [1.807, 2.05) is 60.4 Å². The van der Waals surface area contributed by atoms with Crippen LogP contribution in [0, 0.1) is 20.8 Å². The van der Waals surface area contributed by atoms with Crippen LogP contribution in [0.5, 0.6) is 5.75 Å². The van der Waals surface area contributed by atoms with Crippen LogP contribution in [0.15, 0.2) is 52.1 Å². The lowest BCUT2D eigenvalue weighted by atomic mass is 9.96. The van der Waals surface area contributed by atoms with E-state index in [4.69, 9.17) is 21.4 Å². The van der Waals surface area contributed by atoms with Crippen molar-refractivity contribution < 1.29 is 14.6 Å². The van der Waals surface area contributed by atoms with Gasteiger partial charge in [0.25, 0.3) is 0 Å². The summed E-state index contributed by atoms with van der Waals surface area (Å²) in [7, 11) is 5.94. The van der Waals surface area contributed by atoms with Gasteiger partial charge >= 0.3 is 5.97 Å². The molecule has 0 fully saturated rings. The van der Waals surface area contributed by atoms with E-state index in [1.54, 1.807) is 11.8 Å². The smallest absolute Gasteiger partial charge is 0.352 e. The molecule has 0 saturated carbocycles. The van der Waals surface area contributed by atoms with Crippen molar-refractivity contribution in [1.29, 1.82) is 0 Å². The number of thioether (sulfide) groups is 1. The fourth-order valence-corrected chi connectivity index (χ4v) is 7.43. The molecule has 0 saturated heterocycles.